The maximum atomic E-state index is 12.4. The number of benzene rings is 2. The Kier molecular flexibility index (Phi) is 6.15. The molecule has 0 unspecified atom stereocenters. The van der Waals surface area contributed by atoms with Crippen molar-refractivity contribution in [2.24, 2.45) is 5.92 Å². The second kappa shape index (κ2) is 8.12. The molecule has 1 N–H and O–H groups in total. The number of nitro benzene ring substituents is 1. The van der Waals surface area contributed by atoms with Crippen molar-refractivity contribution in [1.29, 1.82) is 0 Å². The maximum absolute atomic E-state index is 12.4. The van der Waals surface area contributed by atoms with Gasteiger partial charge in [-0.3, -0.25) is 14.9 Å². The molecule has 0 fully saturated rings. The van der Waals surface area contributed by atoms with Gasteiger partial charge >= 0.3 is 0 Å². The van der Waals surface area contributed by atoms with Crippen molar-refractivity contribution in [3.05, 3.63) is 74.3 Å². The smallest absolute Gasteiger partial charge is 0.288 e. The summed E-state index contributed by atoms with van der Waals surface area (Å²) in [7, 11) is 0. The fourth-order valence-electron chi connectivity index (χ4n) is 2.57. The van der Waals surface area contributed by atoms with Crippen LogP contribution in [0.4, 0.5) is 5.69 Å². The molecule has 0 spiro atoms. The van der Waals surface area contributed by atoms with Gasteiger partial charge in [-0.15, -0.1) is 0 Å². The van der Waals surface area contributed by atoms with Gasteiger partial charge in [-0.2, -0.15) is 0 Å². The lowest BCUT2D eigenvalue weighted by atomic mass is 10.00. The van der Waals surface area contributed by atoms with E-state index in [9.17, 15) is 14.9 Å². The first-order valence-corrected chi connectivity index (χ1v) is 8.49. The Labute approximate surface area is 152 Å². The van der Waals surface area contributed by atoms with Gasteiger partial charge in [-0.1, -0.05) is 49.7 Å². The predicted octanol–water partition coefficient (Wildman–Crippen LogP) is 4.94. The van der Waals surface area contributed by atoms with Gasteiger partial charge in [-0.25, -0.2) is 0 Å². The second-order valence-corrected chi connectivity index (χ2v) is 6.87. The zero-order valence-corrected chi connectivity index (χ0v) is 15.2. The van der Waals surface area contributed by atoms with E-state index in [1.54, 1.807) is 0 Å². The molecule has 5 nitrogen and oxygen atoms in total. The number of carbonyl (C=O) groups excluding carboxylic acids is 1. The van der Waals surface area contributed by atoms with Crippen LogP contribution in [0.2, 0.25) is 5.02 Å². The zero-order valence-electron chi connectivity index (χ0n) is 14.5. The molecule has 2 rings (SSSR count). The summed E-state index contributed by atoms with van der Waals surface area (Å²) in [5.41, 5.74) is 2.16. The van der Waals surface area contributed by atoms with Crippen LogP contribution < -0.4 is 5.32 Å². The Bertz CT molecular complexity index is 773. The predicted molar refractivity (Wildman–Crippen MR) is 99.0 cm³/mol. The van der Waals surface area contributed by atoms with E-state index < -0.39 is 4.92 Å². The summed E-state index contributed by atoms with van der Waals surface area (Å²) in [6.07, 6.45) is 1.01. The van der Waals surface area contributed by atoms with Crippen LogP contribution in [0.15, 0.2) is 42.5 Å². The van der Waals surface area contributed by atoms with Crippen LogP contribution in [0.25, 0.3) is 0 Å². The number of hydrogen-bond donors (Lipinski definition) is 1. The van der Waals surface area contributed by atoms with Crippen molar-refractivity contribution >= 4 is 23.2 Å². The van der Waals surface area contributed by atoms with Crippen LogP contribution in [-0.2, 0) is 6.42 Å². The summed E-state index contributed by atoms with van der Waals surface area (Å²) in [6.45, 7) is 6.21. The van der Waals surface area contributed by atoms with Crippen molar-refractivity contribution in [2.75, 3.05) is 0 Å². The van der Waals surface area contributed by atoms with E-state index in [1.807, 2.05) is 19.1 Å². The summed E-state index contributed by atoms with van der Waals surface area (Å²) >= 11 is 5.77. The first-order valence-electron chi connectivity index (χ1n) is 8.11. The molecule has 132 valence electrons. The average Bonchev–Trinajstić information content (AvgIpc) is 2.54. The molecule has 2 aromatic carbocycles. The van der Waals surface area contributed by atoms with Gasteiger partial charge in [0.05, 0.1) is 11.0 Å². The van der Waals surface area contributed by atoms with Crippen LogP contribution in [-0.4, -0.2) is 10.8 Å². The van der Waals surface area contributed by atoms with Gasteiger partial charge < -0.3 is 5.32 Å². The molecule has 0 aromatic heterocycles. The molecular weight excluding hydrogens is 340 g/mol. The zero-order chi connectivity index (χ0) is 18.6. The highest BCUT2D eigenvalue weighted by atomic mass is 35.5. The van der Waals surface area contributed by atoms with Crippen molar-refractivity contribution in [1.82, 2.24) is 5.32 Å². The number of rotatable bonds is 6. The maximum Gasteiger partial charge on any atom is 0.288 e. The van der Waals surface area contributed by atoms with Gasteiger partial charge in [0.25, 0.3) is 11.6 Å². The molecular formula is C19H21ClN2O3. The number of nitro groups is 1. The Balaban J connectivity index is 2.09. The molecule has 6 heteroatoms. The molecule has 0 saturated heterocycles. The SMILES string of the molecule is CC(C)Cc1ccc([C@H](C)NC(=O)c2ccc(Cl)c([N+](=O)[O-])c2)cc1. The van der Waals surface area contributed by atoms with Gasteiger partial charge in [0.2, 0.25) is 0 Å². The van der Waals surface area contributed by atoms with Gasteiger partial charge in [0, 0.05) is 11.6 Å². The molecule has 0 radical (unpaired) electrons. The Morgan fingerprint density at radius 1 is 1.16 bits per heavy atom. The molecule has 0 aliphatic heterocycles. The van der Waals surface area contributed by atoms with Crippen LogP contribution in [0, 0.1) is 16.0 Å². The minimum absolute atomic E-state index is 0.00957. The summed E-state index contributed by atoms with van der Waals surface area (Å²) < 4.78 is 0. The number of carbonyl (C=O) groups is 1. The first kappa shape index (κ1) is 18.9. The van der Waals surface area contributed by atoms with Crippen molar-refractivity contribution in [3.8, 4) is 0 Å². The van der Waals surface area contributed by atoms with Crippen LogP contribution in [0.5, 0.6) is 0 Å². The van der Waals surface area contributed by atoms with E-state index in [4.69, 9.17) is 11.6 Å². The number of nitrogens with zero attached hydrogens (tertiary/aromatic N) is 1. The standard InChI is InChI=1S/C19H21ClN2O3/c1-12(2)10-14-4-6-15(7-5-14)13(3)21-19(23)16-8-9-17(20)18(11-16)22(24)25/h4-9,11-13H,10H2,1-3H3,(H,21,23)/t13-/m0/s1. The van der Waals surface area contributed by atoms with Crippen LogP contribution in [0.1, 0.15) is 48.3 Å². The van der Waals surface area contributed by atoms with Gasteiger partial charge in [0.1, 0.15) is 5.02 Å². The lowest BCUT2D eigenvalue weighted by molar-refractivity contribution is -0.384. The topological polar surface area (TPSA) is 72.2 Å². The summed E-state index contributed by atoms with van der Waals surface area (Å²) in [5.74, 6) is 0.210. The van der Waals surface area contributed by atoms with Crippen LogP contribution >= 0.6 is 11.6 Å². The quantitative estimate of drug-likeness (QED) is 0.585. The third-order valence-corrected chi connectivity index (χ3v) is 4.20. The molecule has 0 aliphatic rings. The van der Waals surface area contributed by atoms with E-state index in [0.29, 0.717) is 5.92 Å². The third kappa shape index (κ3) is 5.03. The monoisotopic (exact) mass is 360 g/mol. The lowest BCUT2D eigenvalue weighted by Gasteiger charge is -2.15. The summed E-state index contributed by atoms with van der Waals surface area (Å²) in [4.78, 5) is 22.7. The number of halogens is 1. The Hall–Kier alpha value is -2.40. The molecule has 0 heterocycles. The molecule has 0 bridgehead atoms. The van der Waals surface area contributed by atoms with Crippen molar-refractivity contribution in [2.45, 2.75) is 33.2 Å². The lowest BCUT2D eigenvalue weighted by Crippen LogP contribution is -2.26. The molecule has 0 saturated carbocycles. The van der Waals surface area contributed by atoms with E-state index >= 15 is 0 Å². The van der Waals surface area contributed by atoms with E-state index in [-0.39, 0.29) is 28.2 Å². The minimum Gasteiger partial charge on any atom is -0.346 e. The number of hydrogen-bond acceptors (Lipinski definition) is 3. The van der Waals surface area contributed by atoms with E-state index in [1.165, 1.54) is 23.8 Å². The minimum atomic E-state index is -0.601. The van der Waals surface area contributed by atoms with Crippen molar-refractivity contribution in [3.63, 3.8) is 0 Å². The highest BCUT2D eigenvalue weighted by molar-refractivity contribution is 6.32. The highest BCUT2D eigenvalue weighted by Crippen LogP contribution is 2.25. The summed E-state index contributed by atoms with van der Waals surface area (Å²) in [5, 5.41) is 13.8. The van der Waals surface area contributed by atoms with Gasteiger partial charge in [0.15, 0.2) is 0 Å². The number of amides is 1. The highest BCUT2D eigenvalue weighted by Gasteiger charge is 2.18. The Morgan fingerprint density at radius 2 is 1.80 bits per heavy atom. The van der Waals surface area contributed by atoms with Gasteiger partial charge in [-0.05, 0) is 42.5 Å². The summed E-state index contributed by atoms with van der Waals surface area (Å²) in [6, 6.07) is 11.9. The van der Waals surface area contributed by atoms with E-state index in [0.717, 1.165) is 12.0 Å². The largest absolute Gasteiger partial charge is 0.346 e. The average molecular weight is 361 g/mol. The molecule has 25 heavy (non-hydrogen) atoms. The first-order chi connectivity index (χ1) is 11.8. The second-order valence-electron chi connectivity index (χ2n) is 6.46. The molecule has 0 aliphatic carbocycles. The molecule has 1 amide bonds. The number of nitrogens with one attached hydrogen (secondary N) is 1. The molecule has 1 atom stereocenters. The third-order valence-electron chi connectivity index (χ3n) is 3.88. The Morgan fingerprint density at radius 3 is 2.36 bits per heavy atom. The van der Waals surface area contributed by atoms with Crippen LogP contribution in [0.3, 0.4) is 0 Å². The molecule has 2 aromatic rings. The van der Waals surface area contributed by atoms with E-state index in [2.05, 4.69) is 31.3 Å². The fourth-order valence-corrected chi connectivity index (χ4v) is 2.76. The normalized spacial score (nSPS) is 12.0. The van der Waals surface area contributed by atoms with Crippen molar-refractivity contribution < 1.29 is 9.72 Å². The fraction of sp³-hybridized carbons (Fsp3) is 0.316.